The standard InChI is InChI=1S/C9H6INO.Cu/c10-7-3-4-8(12)9-6(7)2-1-5-11-9;/h1-5,12H;/q;+2. The van der Waals surface area contributed by atoms with Gasteiger partial charge in [-0.25, -0.2) is 0 Å². The Balaban J connectivity index is 0.000000845. The third kappa shape index (κ3) is 1.95. The number of phenols is 1. The summed E-state index contributed by atoms with van der Waals surface area (Å²) in [6, 6.07) is 7.35. The normalized spacial score (nSPS) is 9.62. The molecule has 13 heavy (non-hydrogen) atoms. The fourth-order valence-corrected chi connectivity index (χ4v) is 1.74. The van der Waals surface area contributed by atoms with E-state index in [2.05, 4.69) is 27.6 Å². The quantitative estimate of drug-likeness (QED) is 0.593. The van der Waals surface area contributed by atoms with Crippen molar-refractivity contribution in [2.45, 2.75) is 0 Å². The van der Waals surface area contributed by atoms with Crippen LogP contribution >= 0.6 is 22.6 Å². The van der Waals surface area contributed by atoms with Crippen LogP contribution in [-0.2, 0) is 17.1 Å². The van der Waals surface area contributed by atoms with Crippen LogP contribution in [0.4, 0.5) is 0 Å². The summed E-state index contributed by atoms with van der Waals surface area (Å²) in [5.41, 5.74) is 0.671. The average molecular weight is 335 g/mol. The molecular formula is C9H6CuINO+2. The molecule has 0 saturated carbocycles. The number of halogens is 1. The Kier molecular flexibility index (Phi) is 3.53. The van der Waals surface area contributed by atoms with Crippen molar-refractivity contribution in [1.29, 1.82) is 0 Å². The molecule has 0 fully saturated rings. The largest absolute Gasteiger partial charge is 2.00 e. The Bertz CT molecular complexity index is 392. The molecule has 0 aliphatic rings. The second-order valence-electron chi connectivity index (χ2n) is 2.47. The number of fused-ring (bicyclic) bond motifs is 1. The van der Waals surface area contributed by atoms with Gasteiger partial charge in [0.1, 0.15) is 11.3 Å². The van der Waals surface area contributed by atoms with E-state index >= 15 is 0 Å². The second-order valence-corrected chi connectivity index (χ2v) is 3.63. The number of aromatic nitrogens is 1. The Hall–Kier alpha value is -0.321. The minimum Gasteiger partial charge on any atom is -0.506 e. The molecule has 1 aromatic heterocycles. The molecule has 1 heterocycles. The van der Waals surface area contributed by atoms with E-state index in [-0.39, 0.29) is 22.8 Å². The minimum absolute atomic E-state index is 0. The van der Waals surface area contributed by atoms with Crippen molar-refractivity contribution in [1.82, 2.24) is 4.98 Å². The van der Waals surface area contributed by atoms with Crippen molar-refractivity contribution >= 4 is 33.5 Å². The van der Waals surface area contributed by atoms with Gasteiger partial charge in [-0.3, -0.25) is 4.98 Å². The fourth-order valence-electron chi connectivity index (χ4n) is 1.12. The van der Waals surface area contributed by atoms with Crippen LogP contribution in [0.3, 0.4) is 0 Å². The van der Waals surface area contributed by atoms with Crippen LogP contribution in [0.1, 0.15) is 0 Å². The summed E-state index contributed by atoms with van der Waals surface area (Å²) >= 11 is 2.22. The maximum Gasteiger partial charge on any atom is 2.00 e. The van der Waals surface area contributed by atoms with Gasteiger partial charge in [-0.05, 0) is 40.8 Å². The van der Waals surface area contributed by atoms with Gasteiger partial charge in [-0.15, -0.1) is 0 Å². The maximum absolute atomic E-state index is 9.43. The molecule has 2 aromatic rings. The van der Waals surface area contributed by atoms with Crippen LogP contribution in [-0.4, -0.2) is 10.1 Å². The number of rotatable bonds is 0. The SMILES string of the molecule is Oc1ccc(I)c2cccnc12.[Cu+2]. The van der Waals surface area contributed by atoms with E-state index in [9.17, 15) is 5.11 Å². The molecule has 0 unspecified atom stereocenters. The van der Waals surface area contributed by atoms with Gasteiger partial charge in [-0.1, -0.05) is 6.07 Å². The van der Waals surface area contributed by atoms with Gasteiger partial charge in [0.05, 0.1) is 0 Å². The van der Waals surface area contributed by atoms with Crippen molar-refractivity contribution in [3.8, 4) is 5.75 Å². The van der Waals surface area contributed by atoms with Gasteiger partial charge in [0.25, 0.3) is 0 Å². The number of pyridine rings is 1. The number of hydrogen-bond donors (Lipinski definition) is 1. The summed E-state index contributed by atoms with van der Waals surface area (Å²) in [5, 5.41) is 10.4. The molecule has 0 saturated heterocycles. The zero-order chi connectivity index (χ0) is 8.55. The Labute approximate surface area is 100.0 Å². The van der Waals surface area contributed by atoms with Crippen LogP contribution in [0.2, 0.25) is 0 Å². The van der Waals surface area contributed by atoms with Crippen molar-refractivity contribution in [2.75, 3.05) is 0 Å². The molecule has 0 spiro atoms. The van der Waals surface area contributed by atoms with E-state index < -0.39 is 0 Å². The van der Waals surface area contributed by atoms with Gasteiger partial charge < -0.3 is 5.11 Å². The smallest absolute Gasteiger partial charge is 0.506 e. The Morgan fingerprint density at radius 2 is 2.00 bits per heavy atom. The molecule has 0 bridgehead atoms. The number of nitrogens with zero attached hydrogens (tertiary/aromatic N) is 1. The molecule has 0 amide bonds. The molecule has 2 rings (SSSR count). The summed E-state index contributed by atoms with van der Waals surface area (Å²) < 4.78 is 1.11. The fraction of sp³-hybridized carbons (Fsp3) is 0. The minimum atomic E-state index is 0. The summed E-state index contributed by atoms with van der Waals surface area (Å²) in [6.07, 6.45) is 1.68. The van der Waals surface area contributed by atoms with Crippen LogP contribution in [0.15, 0.2) is 30.5 Å². The molecule has 1 radical (unpaired) electrons. The zero-order valence-electron chi connectivity index (χ0n) is 6.46. The van der Waals surface area contributed by atoms with E-state index in [1.165, 1.54) is 0 Å². The molecule has 2 nitrogen and oxygen atoms in total. The Morgan fingerprint density at radius 1 is 1.23 bits per heavy atom. The van der Waals surface area contributed by atoms with Gasteiger partial charge in [-0.2, -0.15) is 0 Å². The van der Waals surface area contributed by atoms with E-state index in [1.807, 2.05) is 18.2 Å². The second kappa shape index (κ2) is 4.26. The van der Waals surface area contributed by atoms with Gasteiger partial charge >= 0.3 is 17.1 Å². The van der Waals surface area contributed by atoms with E-state index in [0.29, 0.717) is 5.52 Å². The first kappa shape index (κ1) is 10.8. The number of aromatic hydroxyl groups is 1. The van der Waals surface area contributed by atoms with Gasteiger partial charge in [0.2, 0.25) is 0 Å². The first-order valence-corrected chi connectivity index (χ1v) is 4.59. The van der Waals surface area contributed by atoms with Crippen molar-refractivity contribution in [3.05, 3.63) is 34.0 Å². The van der Waals surface area contributed by atoms with Crippen LogP contribution in [0, 0.1) is 3.57 Å². The molecular weight excluding hydrogens is 329 g/mol. The van der Waals surface area contributed by atoms with Gasteiger partial charge in [0, 0.05) is 15.2 Å². The van der Waals surface area contributed by atoms with Crippen LogP contribution in [0.5, 0.6) is 5.75 Å². The number of phenolic OH excluding ortho intramolecular Hbond substituents is 1. The molecule has 0 aliphatic heterocycles. The van der Waals surface area contributed by atoms with Crippen molar-refractivity contribution in [3.63, 3.8) is 0 Å². The summed E-state index contributed by atoms with van der Waals surface area (Å²) in [5.74, 6) is 0.242. The summed E-state index contributed by atoms with van der Waals surface area (Å²) in [7, 11) is 0. The topological polar surface area (TPSA) is 33.1 Å². The van der Waals surface area contributed by atoms with E-state index in [1.54, 1.807) is 12.3 Å². The third-order valence-electron chi connectivity index (χ3n) is 1.70. The first-order valence-electron chi connectivity index (χ1n) is 3.51. The maximum atomic E-state index is 9.43. The van der Waals surface area contributed by atoms with E-state index in [4.69, 9.17) is 0 Å². The molecule has 0 atom stereocenters. The molecule has 0 aliphatic carbocycles. The van der Waals surface area contributed by atoms with Crippen LogP contribution < -0.4 is 0 Å². The van der Waals surface area contributed by atoms with Crippen molar-refractivity contribution < 1.29 is 22.2 Å². The van der Waals surface area contributed by atoms with Gasteiger partial charge in [0.15, 0.2) is 0 Å². The Morgan fingerprint density at radius 3 is 2.69 bits per heavy atom. The third-order valence-corrected chi connectivity index (χ3v) is 2.64. The monoisotopic (exact) mass is 334 g/mol. The van der Waals surface area contributed by atoms with Crippen LogP contribution in [0.25, 0.3) is 10.9 Å². The number of hydrogen-bond acceptors (Lipinski definition) is 2. The van der Waals surface area contributed by atoms with E-state index in [0.717, 1.165) is 8.96 Å². The molecule has 1 aromatic carbocycles. The summed E-state index contributed by atoms with van der Waals surface area (Å²) in [6.45, 7) is 0. The number of benzene rings is 1. The van der Waals surface area contributed by atoms with Crippen molar-refractivity contribution in [2.24, 2.45) is 0 Å². The molecule has 4 heteroatoms. The molecule has 1 N–H and O–H groups in total. The zero-order valence-corrected chi connectivity index (χ0v) is 9.56. The first-order chi connectivity index (χ1) is 5.79. The predicted molar refractivity (Wildman–Crippen MR) is 56.1 cm³/mol. The molecule has 69 valence electrons. The predicted octanol–water partition coefficient (Wildman–Crippen LogP) is 2.54. The summed E-state index contributed by atoms with van der Waals surface area (Å²) in [4.78, 5) is 4.09. The average Bonchev–Trinajstić information content (AvgIpc) is 2.12.